The van der Waals surface area contributed by atoms with Crippen molar-refractivity contribution in [2.24, 2.45) is 0 Å². The van der Waals surface area contributed by atoms with Gasteiger partial charge in [-0.05, 0) is 44.5 Å². The molecule has 2 aliphatic heterocycles. The first kappa shape index (κ1) is 18.0. The minimum absolute atomic E-state index is 0.0544. The zero-order chi connectivity index (χ0) is 19.0. The molecule has 1 saturated heterocycles. The minimum atomic E-state index is -0.522. The second-order valence-electron chi connectivity index (χ2n) is 7.75. The lowest BCUT2D eigenvalue weighted by Crippen LogP contribution is -2.48. The minimum Gasteiger partial charge on any atom is -0.373 e. The van der Waals surface area contributed by atoms with Crippen molar-refractivity contribution < 1.29 is 9.90 Å². The Morgan fingerprint density at radius 1 is 1.41 bits per heavy atom. The van der Waals surface area contributed by atoms with Gasteiger partial charge in [0.25, 0.3) is 0 Å². The number of amides is 1. The number of carbonyl (C=O) groups is 1. The lowest BCUT2D eigenvalue weighted by atomic mass is 9.72. The largest absolute Gasteiger partial charge is 0.373 e. The van der Waals surface area contributed by atoms with Gasteiger partial charge in [0.05, 0.1) is 6.20 Å². The Morgan fingerprint density at radius 2 is 2.19 bits per heavy atom. The normalized spacial score (nSPS) is 21.1. The first-order chi connectivity index (χ1) is 13.0. The molecular formula is C20H27N5O2. The summed E-state index contributed by atoms with van der Waals surface area (Å²) in [5.74, 6) is -0.0544. The molecule has 1 amide bonds. The van der Waals surface area contributed by atoms with E-state index in [0.717, 1.165) is 43.7 Å². The maximum Gasteiger partial charge on any atom is 0.241 e. The molecule has 0 saturated carbocycles. The van der Waals surface area contributed by atoms with Crippen molar-refractivity contribution in [3.8, 4) is 0 Å². The molecule has 1 unspecified atom stereocenters. The number of likely N-dealkylation sites (tertiary alicyclic amines) is 1. The summed E-state index contributed by atoms with van der Waals surface area (Å²) in [6, 6.07) is 6.38. The van der Waals surface area contributed by atoms with Crippen LogP contribution in [0.25, 0.3) is 0 Å². The molecule has 1 atom stereocenters. The van der Waals surface area contributed by atoms with Gasteiger partial charge >= 0.3 is 0 Å². The van der Waals surface area contributed by atoms with Crippen molar-refractivity contribution in [3.63, 3.8) is 0 Å². The van der Waals surface area contributed by atoms with Crippen LogP contribution in [0.2, 0.25) is 0 Å². The fourth-order valence-corrected chi connectivity index (χ4v) is 4.34. The maximum absolute atomic E-state index is 11.5. The molecule has 4 rings (SSSR count). The van der Waals surface area contributed by atoms with Crippen LogP contribution in [0.15, 0.2) is 30.6 Å². The second kappa shape index (κ2) is 6.98. The van der Waals surface area contributed by atoms with Crippen molar-refractivity contribution in [1.29, 1.82) is 0 Å². The number of fused-ring (bicyclic) bond motifs is 2. The van der Waals surface area contributed by atoms with Crippen LogP contribution < -0.4 is 10.6 Å². The molecule has 2 aliphatic rings. The van der Waals surface area contributed by atoms with Crippen LogP contribution in [0.3, 0.4) is 0 Å². The fourth-order valence-electron chi connectivity index (χ4n) is 4.34. The molecule has 1 aromatic carbocycles. The van der Waals surface area contributed by atoms with E-state index >= 15 is 0 Å². The first-order valence-corrected chi connectivity index (χ1v) is 9.50. The smallest absolute Gasteiger partial charge is 0.241 e. The van der Waals surface area contributed by atoms with E-state index in [-0.39, 0.29) is 17.9 Å². The third-order valence-corrected chi connectivity index (χ3v) is 5.95. The predicted octanol–water partition coefficient (Wildman–Crippen LogP) is 1.22. The number of aryl methyl sites for hydroxylation is 1. The highest BCUT2D eigenvalue weighted by atomic mass is 16.3. The van der Waals surface area contributed by atoms with Crippen molar-refractivity contribution in [3.05, 3.63) is 47.3 Å². The summed E-state index contributed by atoms with van der Waals surface area (Å²) in [7, 11) is 1.63. The molecule has 0 aliphatic carbocycles. The Hall–Kier alpha value is -2.38. The summed E-state index contributed by atoms with van der Waals surface area (Å²) in [6.07, 6.45) is 5.09. The van der Waals surface area contributed by atoms with Gasteiger partial charge < -0.3 is 15.7 Å². The van der Waals surface area contributed by atoms with Gasteiger partial charge in [-0.1, -0.05) is 17.7 Å². The van der Waals surface area contributed by atoms with Gasteiger partial charge in [-0.2, -0.15) is 5.10 Å². The third-order valence-electron chi connectivity index (χ3n) is 5.95. The molecular weight excluding hydrogens is 342 g/mol. The van der Waals surface area contributed by atoms with Gasteiger partial charge in [-0.25, -0.2) is 0 Å². The first-order valence-electron chi connectivity index (χ1n) is 9.50. The van der Waals surface area contributed by atoms with Gasteiger partial charge in [0.2, 0.25) is 5.91 Å². The predicted molar refractivity (Wildman–Crippen MR) is 103 cm³/mol. The number of benzene rings is 1. The zero-order valence-corrected chi connectivity index (χ0v) is 15.9. The van der Waals surface area contributed by atoms with Crippen molar-refractivity contribution >= 4 is 11.6 Å². The molecule has 1 aromatic heterocycles. The molecule has 7 nitrogen and oxygen atoms in total. The fraction of sp³-hybridized carbons (Fsp3) is 0.500. The third kappa shape index (κ3) is 3.33. The van der Waals surface area contributed by atoms with Gasteiger partial charge in [0.1, 0.15) is 12.8 Å². The second-order valence-corrected chi connectivity index (χ2v) is 7.75. The van der Waals surface area contributed by atoms with Gasteiger partial charge in [0, 0.05) is 36.5 Å². The van der Waals surface area contributed by atoms with Crippen LogP contribution in [0.1, 0.15) is 29.5 Å². The number of anilines is 1. The topological polar surface area (TPSA) is 82.4 Å². The summed E-state index contributed by atoms with van der Waals surface area (Å²) >= 11 is 0. The molecule has 1 fully saturated rings. The highest BCUT2D eigenvalue weighted by molar-refractivity contribution is 5.75. The number of aromatic nitrogens is 2. The average molecular weight is 369 g/mol. The van der Waals surface area contributed by atoms with Crippen molar-refractivity contribution in [1.82, 2.24) is 20.0 Å². The van der Waals surface area contributed by atoms with Crippen molar-refractivity contribution in [2.75, 3.05) is 25.5 Å². The van der Waals surface area contributed by atoms with E-state index in [0.29, 0.717) is 0 Å². The number of nitrogens with zero attached hydrogens (tertiary/aromatic N) is 3. The van der Waals surface area contributed by atoms with Crippen LogP contribution in [-0.2, 0) is 23.3 Å². The maximum atomic E-state index is 11.5. The number of carbonyl (C=O) groups excluding carboxylic acids is 1. The molecule has 3 heterocycles. The van der Waals surface area contributed by atoms with Crippen LogP contribution in [0, 0.1) is 6.92 Å². The molecule has 1 spiro atoms. The van der Waals surface area contributed by atoms with Crippen molar-refractivity contribution in [2.45, 2.75) is 44.5 Å². The number of likely N-dealkylation sites (N-methyl/N-ethyl adjacent to an activating group) is 1. The van der Waals surface area contributed by atoms with E-state index in [4.69, 9.17) is 0 Å². The van der Waals surface area contributed by atoms with Crippen LogP contribution in [-0.4, -0.2) is 52.1 Å². The number of hydrogen-bond acceptors (Lipinski definition) is 5. The summed E-state index contributed by atoms with van der Waals surface area (Å²) in [5.41, 5.74) is 4.47. The monoisotopic (exact) mass is 369 g/mol. The quantitative estimate of drug-likeness (QED) is 0.755. The van der Waals surface area contributed by atoms with E-state index in [9.17, 15) is 9.90 Å². The number of hydrogen-bond donors (Lipinski definition) is 3. The van der Waals surface area contributed by atoms with Gasteiger partial charge in [0.15, 0.2) is 0 Å². The molecule has 0 bridgehead atoms. The molecule has 0 radical (unpaired) electrons. The molecule has 27 heavy (non-hydrogen) atoms. The van der Waals surface area contributed by atoms with Crippen LogP contribution >= 0.6 is 0 Å². The van der Waals surface area contributed by atoms with E-state index in [1.807, 2.05) is 12.4 Å². The summed E-state index contributed by atoms with van der Waals surface area (Å²) in [5, 5.41) is 20.9. The SMILES string of the molecule is CNC(=O)Cn1cc(CN2CCC3(CC2)c2cc(C)ccc2NC3O)cn1. The van der Waals surface area contributed by atoms with E-state index in [2.05, 4.69) is 45.8 Å². The van der Waals surface area contributed by atoms with Crippen LogP contribution in [0.4, 0.5) is 5.69 Å². The number of nitrogens with one attached hydrogen (secondary N) is 2. The summed E-state index contributed by atoms with van der Waals surface area (Å²) in [4.78, 5) is 13.9. The van der Waals surface area contributed by atoms with E-state index < -0.39 is 6.23 Å². The van der Waals surface area contributed by atoms with E-state index in [1.165, 1.54) is 11.1 Å². The Bertz CT molecular complexity index is 839. The molecule has 144 valence electrons. The molecule has 3 N–H and O–H groups in total. The lowest BCUT2D eigenvalue weighted by molar-refractivity contribution is -0.121. The van der Waals surface area contributed by atoms with Gasteiger partial charge in [-0.3, -0.25) is 14.4 Å². The Balaban J connectivity index is 1.41. The Kier molecular flexibility index (Phi) is 4.65. The lowest BCUT2D eigenvalue weighted by Gasteiger charge is -2.41. The molecule has 7 heteroatoms. The Morgan fingerprint density at radius 3 is 2.93 bits per heavy atom. The van der Waals surface area contributed by atoms with Gasteiger partial charge in [-0.15, -0.1) is 0 Å². The molecule has 2 aromatic rings. The van der Waals surface area contributed by atoms with E-state index in [1.54, 1.807) is 11.7 Å². The number of piperidine rings is 1. The standard InChI is InChI=1S/C20H27N5O2/c1-14-3-4-17-16(9-14)20(19(27)23-17)5-7-24(8-6-20)11-15-10-22-25(12-15)13-18(26)21-2/h3-4,9-10,12,19,23,27H,5-8,11,13H2,1-2H3,(H,21,26). The zero-order valence-electron chi connectivity index (χ0n) is 15.9. The highest BCUT2D eigenvalue weighted by Gasteiger charge is 2.47. The summed E-state index contributed by atoms with van der Waals surface area (Å²) in [6.45, 7) is 5.01. The number of aliphatic hydroxyl groups excluding tert-OH is 1. The highest BCUT2D eigenvalue weighted by Crippen LogP contribution is 2.47. The average Bonchev–Trinajstić information content (AvgIpc) is 3.20. The Labute approximate surface area is 159 Å². The summed E-state index contributed by atoms with van der Waals surface area (Å²) < 4.78 is 1.67. The van der Waals surface area contributed by atoms with Crippen LogP contribution in [0.5, 0.6) is 0 Å². The number of rotatable bonds is 4. The number of aliphatic hydroxyl groups is 1.